The summed E-state index contributed by atoms with van der Waals surface area (Å²) in [5, 5.41) is 11.2. The van der Waals surface area contributed by atoms with Crippen molar-refractivity contribution in [2.45, 2.75) is 26.8 Å². The summed E-state index contributed by atoms with van der Waals surface area (Å²) >= 11 is 0. The molecule has 6 nitrogen and oxygen atoms in total. The zero-order chi connectivity index (χ0) is 12.3. The number of nitrogens with zero attached hydrogens (tertiary/aromatic N) is 5. The molecule has 2 aromatic rings. The fraction of sp³-hybridized carbons (Fsp3) is 0.545. The zero-order valence-corrected chi connectivity index (χ0v) is 10.5. The predicted molar refractivity (Wildman–Crippen MR) is 65.8 cm³/mol. The lowest BCUT2D eigenvalue weighted by atomic mass is 10.4. The first-order valence-electron chi connectivity index (χ1n) is 5.81. The summed E-state index contributed by atoms with van der Waals surface area (Å²) in [6.45, 7) is 5.80. The van der Waals surface area contributed by atoms with E-state index < -0.39 is 0 Å². The minimum Gasteiger partial charge on any atom is -0.356 e. The maximum Gasteiger partial charge on any atom is 0.203 e. The van der Waals surface area contributed by atoms with Crippen molar-refractivity contribution in [1.29, 1.82) is 0 Å². The van der Waals surface area contributed by atoms with Crippen molar-refractivity contribution in [2.24, 2.45) is 7.05 Å². The van der Waals surface area contributed by atoms with Gasteiger partial charge in [0.15, 0.2) is 0 Å². The van der Waals surface area contributed by atoms with Gasteiger partial charge in [0.1, 0.15) is 12.2 Å². The predicted octanol–water partition coefficient (Wildman–Crippen LogP) is 0.995. The third kappa shape index (κ3) is 2.64. The van der Waals surface area contributed by atoms with Gasteiger partial charge >= 0.3 is 0 Å². The van der Waals surface area contributed by atoms with Gasteiger partial charge in [-0.2, -0.15) is 0 Å². The second-order valence-corrected chi connectivity index (χ2v) is 4.04. The van der Waals surface area contributed by atoms with Gasteiger partial charge in [-0.05, 0) is 13.8 Å². The average Bonchev–Trinajstić information content (AvgIpc) is 2.83. The molecule has 0 amide bonds. The first-order chi connectivity index (χ1) is 8.20. The average molecular weight is 234 g/mol. The molecule has 6 heteroatoms. The summed E-state index contributed by atoms with van der Waals surface area (Å²) in [6.07, 6.45) is 4.62. The summed E-state index contributed by atoms with van der Waals surface area (Å²) in [5.74, 6) is 1.91. The number of nitrogens with one attached hydrogen (secondary N) is 1. The Hall–Kier alpha value is -1.85. The molecule has 0 bridgehead atoms. The first kappa shape index (κ1) is 11.6. The van der Waals surface area contributed by atoms with E-state index in [-0.39, 0.29) is 0 Å². The molecule has 0 unspecified atom stereocenters. The Morgan fingerprint density at radius 2 is 2.24 bits per heavy atom. The van der Waals surface area contributed by atoms with E-state index in [0.29, 0.717) is 0 Å². The van der Waals surface area contributed by atoms with E-state index in [1.165, 1.54) is 0 Å². The third-order valence-electron chi connectivity index (χ3n) is 2.61. The highest BCUT2D eigenvalue weighted by Crippen LogP contribution is 2.09. The summed E-state index contributed by atoms with van der Waals surface area (Å²) in [6, 6.07) is 0. The molecule has 0 spiro atoms. The summed E-state index contributed by atoms with van der Waals surface area (Å²) < 4.78 is 4.06. The smallest absolute Gasteiger partial charge is 0.203 e. The highest BCUT2D eigenvalue weighted by molar-refractivity contribution is 5.28. The molecule has 0 fully saturated rings. The van der Waals surface area contributed by atoms with E-state index in [1.807, 2.05) is 24.7 Å². The standard InChI is InChI=1S/C11H18N6/c1-4-12-11-14-9(2)7-17(11)6-5-10-15-13-8-16(10)3/h7-8H,4-6H2,1-3H3,(H,12,14). The van der Waals surface area contributed by atoms with Gasteiger partial charge in [0.2, 0.25) is 5.95 Å². The first-order valence-corrected chi connectivity index (χ1v) is 5.81. The molecule has 17 heavy (non-hydrogen) atoms. The van der Waals surface area contributed by atoms with E-state index in [1.54, 1.807) is 6.33 Å². The van der Waals surface area contributed by atoms with Crippen LogP contribution in [0.1, 0.15) is 18.4 Å². The molecular formula is C11H18N6. The van der Waals surface area contributed by atoms with Gasteiger partial charge < -0.3 is 14.5 Å². The Morgan fingerprint density at radius 1 is 1.41 bits per heavy atom. The lowest BCUT2D eigenvalue weighted by molar-refractivity contribution is 0.652. The normalized spacial score (nSPS) is 10.8. The lowest BCUT2D eigenvalue weighted by Gasteiger charge is -2.07. The molecule has 2 aromatic heterocycles. The molecule has 0 aliphatic heterocycles. The number of anilines is 1. The van der Waals surface area contributed by atoms with E-state index in [9.17, 15) is 0 Å². The lowest BCUT2D eigenvalue weighted by Crippen LogP contribution is -2.09. The van der Waals surface area contributed by atoms with Gasteiger partial charge in [0.05, 0.1) is 5.69 Å². The van der Waals surface area contributed by atoms with Gasteiger partial charge in [0.25, 0.3) is 0 Å². The van der Waals surface area contributed by atoms with Crippen molar-refractivity contribution in [3.8, 4) is 0 Å². The van der Waals surface area contributed by atoms with E-state index in [2.05, 4.69) is 32.0 Å². The fourth-order valence-electron chi connectivity index (χ4n) is 1.77. The van der Waals surface area contributed by atoms with E-state index >= 15 is 0 Å². The molecule has 0 atom stereocenters. The van der Waals surface area contributed by atoms with E-state index in [0.717, 1.165) is 37.0 Å². The van der Waals surface area contributed by atoms with Crippen molar-refractivity contribution in [3.05, 3.63) is 24.0 Å². The summed E-state index contributed by atoms with van der Waals surface area (Å²) in [4.78, 5) is 4.43. The third-order valence-corrected chi connectivity index (χ3v) is 2.61. The summed E-state index contributed by atoms with van der Waals surface area (Å²) in [5.41, 5.74) is 1.03. The van der Waals surface area contributed by atoms with Crippen LogP contribution in [0.3, 0.4) is 0 Å². The topological polar surface area (TPSA) is 60.6 Å². The Kier molecular flexibility index (Phi) is 3.41. The second kappa shape index (κ2) is 4.99. The van der Waals surface area contributed by atoms with Crippen molar-refractivity contribution in [2.75, 3.05) is 11.9 Å². The largest absolute Gasteiger partial charge is 0.356 e. The van der Waals surface area contributed by atoms with Crippen molar-refractivity contribution in [1.82, 2.24) is 24.3 Å². The van der Waals surface area contributed by atoms with Gasteiger partial charge in [-0.1, -0.05) is 0 Å². The van der Waals surface area contributed by atoms with Gasteiger partial charge in [-0.25, -0.2) is 4.98 Å². The molecule has 2 heterocycles. The molecule has 2 rings (SSSR count). The molecule has 92 valence electrons. The SMILES string of the molecule is CCNc1nc(C)cn1CCc1nncn1C. The van der Waals surface area contributed by atoms with Crippen LogP contribution in [0.5, 0.6) is 0 Å². The van der Waals surface area contributed by atoms with Gasteiger partial charge in [0, 0.05) is 32.8 Å². The Morgan fingerprint density at radius 3 is 2.88 bits per heavy atom. The van der Waals surface area contributed by atoms with Crippen molar-refractivity contribution in [3.63, 3.8) is 0 Å². The van der Waals surface area contributed by atoms with Crippen LogP contribution in [0.15, 0.2) is 12.5 Å². The Bertz CT molecular complexity index is 484. The number of aromatic nitrogens is 5. The number of imidazole rings is 1. The Balaban J connectivity index is 2.05. The highest BCUT2D eigenvalue weighted by atomic mass is 15.3. The molecular weight excluding hydrogens is 216 g/mol. The maximum absolute atomic E-state index is 4.43. The minimum atomic E-state index is 0.852. The van der Waals surface area contributed by atoms with Crippen LogP contribution in [-0.2, 0) is 20.0 Å². The number of aryl methyl sites for hydroxylation is 4. The molecule has 0 saturated heterocycles. The molecule has 0 aromatic carbocycles. The van der Waals surface area contributed by atoms with Gasteiger partial charge in [-0.3, -0.25) is 0 Å². The molecule has 0 radical (unpaired) electrons. The molecule has 0 aliphatic rings. The van der Waals surface area contributed by atoms with Gasteiger partial charge in [-0.15, -0.1) is 10.2 Å². The number of hydrogen-bond acceptors (Lipinski definition) is 4. The number of hydrogen-bond donors (Lipinski definition) is 1. The molecule has 0 saturated carbocycles. The maximum atomic E-state index is 4.43. The van der Waals surface area contributed by atoms with Crippen LogP contribution < -0.4 is 5.32 Å². The van der Waals surface area contributed by atoms with Crippen LogP contribution in [0, 0.1) is 6.92 Å². The fourth-order valence-corrected chi connectivity index (χ4v) is 1.77. The monoisotopic (exact) mass is 234 g/mol. The van der Waals surface area contributed by atoms with E-state index in [4.69, 9.17) is 0 Å². The van der Waals surface area contributed by atoms with Crippen LogP contribution in [-0.4, -0.2) is 30.9 Å². The highest BCUT2D eigenvalue weighted by Gasteiger charge is 2.06. The summed E-state index contributed by atoms with van der Waals surface area (Å²) in [7, 11) is 1.96. The van der Waals surface area contributed by atoms with Crippen molar-refractivity contribution >= 4 is 5.95 Å². The zero-order valence-electron chi connectivity index (χ0n) is 10.5. The quantitative estimate of drug-likeness (QED) is 0.838. The van der Waals surface area contributed by atoms with Crippen LogP contribution in [0.4, 0.5) is 5.95 Å². The molecule has 1 N–H and O–H groups in total. The number of rotatable bonds is 5. The van der Waals surface area contributed by atoms with Crippen LogP contribution in [0.25, 0.3) is 0 Å². The molecule has 0 aliphatic carbocycles. The second-order valence-electron chi connectivity index (χ2n) is 4.04. The van der Waals surface area contributed by atoms with Crippen LogP contribution in [0.2, 0.25) is 0 Å². The van der Waals surface area contributed by atoms with Crippen molar-refractivity contribution < 1.29 is 0 Å². The minimum absolute atomic E-state index is 0.852. The Labute approximate surface area is 101 Å². The van der Waals surface area contributed by atoms with Crippen LogP contribution >= 0.6 is 0 Å².